The van der Waals surface area contributed by atoms with Crippen molar-refractivity contribution in [2.75, 3.05) is 6.61 Å². The Morgan fingerprint density at radius 2 is 2.00 bits per heavy atom. The maximum absolute atomic E-state index is 11.7. The third-order valence-corrected chi connectivity index (χ3v) is 3.15. The number of aromatic amines is 1. The zero-order chi connectivity index (χ0) is 16.8. The smallest absolute Gasteiger partial charge is 0.286 e. The lowest BCUT2D eigenvalue weighted by molar-refractivity contribution is -0.123. The summed E-state index contributed by atoms with van der Waals surface area (Å²) < 4.78 is 5.93. The number of ether oxygens (including phenoxy) is 1. The van der Waals surface area contributed by atoms with Gasteiger partial charge in [0.15, 0.2) is 6.61 Å². The fourth-order valence-electron chi connectivity index (χ4n) is 1.62. The van der Waals surface area contributed by atoms with Gasteiger partial charge in [-0.1, -0.05) is 6.07 Å². The van der Waals surface area contributed by atoms with Crippen molar-refractivity contribution in [3.05, 3.63) is 52.3 Å². The minimum atomic E-state index is -0.593. The molecule has 1 aromatic carbocycles. The number of halogens is 1. The SMILES string of the molecule is NC(=O)c1cccc(OCC(=O)NNC(=O)c2cc(Br)c[nH]2)c1. The number of nitrogens with two attached hydrogens (primary N) is 1. The van der Waals surface area contributed by atoms with Gasteiger partial charge in [-0.3, -0.25) is 25.2 Å². The number of aromatic nitrogens is 1. The summed E-state index contributed by atoms with van der Waals surface area (Å²) in [6, 6.07) is 7.68. The molecule has 0 bridgehead atoms. The number of hydrogen-bond acceptors (Lipinski definition) is 4. The lowest BCUT2D eigenvalue weighted by atomic mass is 10.2. The standard InChI is InChI=1S/C14H13BrN4O4/c15-9-5-11(17-6-9)14(22)19-18-12(20)7-23-10-3-1-2-8(4-10)13(16)21/h1-6,17H,7H2,(H2,16,21)(H,18,20)(H,19,22). The molecule has 0 aliphatic rings. The number of H-pyrrole nitrogens is 1. The minimum Gasteiger partial charge on any atom is -0.484 e. The first kappa shape index (κ1) is 16.6. The van der Waals surface area contributed by atoms with Crippen LogP contribution in [0.3, 0.4) is 0 Å². The van der Waals surface area contributed by atoms with Gasteiger partial charge in [0.1, 0.15) is 11.4 Å². The van der Waals surface area contributed by atoms with Crippen LogP contribution in [0.4, 0.5) is 0 Å². The van der Waals surface area contributed by atoms with Crippen LogP contribution in [0, 0.1) is 0 Å². The van der Waals surface area contributed by atoms with Gasteiger partial charge in [0.25, 0.3) is 11.8 Å². The van der Waals surface area contributed by atoms with E-state index < -0.39 is 17.7 Å². The largest absolute Gasteiger partial charge is 0.484 e. The van der Waals surface area contributed by atoms with E-state index in [0.717, 1.165) is 0 Å². The topological polar surface area (TPSA) is 126 Å². The van der Waals surface area contributed by atoms with Crippen LogP contribution < -0.4 is 21.3 Å². The van der Waals surface area contributed by atoms with Gasteiger partial charge in [-0.2, -0.15) is 0 Å². The van der Waals surface area contributed by atoms with E-state index in [2.05, 4.69) is 31.8 Å². The first-order chi connectivity index (χ1) is 11.0. The Hall–Kier alpha value is -2.81. The third-order valence-electron chi connectivity index (χ3n) is 2.70. The van der Waals surface area contributed by atoms with Crippen LogP contribution in [-0.4, -0.2) is 29.3 Å². The molecule has 120 valence electrons. The Morgan fingerprint density at radius 1 is 1.22 bits per heavy atom. The molecule has 0 unspecified atom stereocenters. The molecule has 5 N–H and O–H groups in total. The number of primary amides is 1. The Labute approximate surface area is 139 Å². The zero-order valence-electron chi connectivity index (χ0n) is 11.8. The fraction of sp³-hybridized carbons (Fsp3) is 0.0714. The molecule has 23 heavy (non-hydrogen) atoms. The van der Waals surface area contributed by atoms with Crippen LogP contribution in [0.2, 0.25) is 0 Å². The number of hydrazine groups is 1. The van der Waals surface area contributed by atoms with Crippen molar-refractivity contribution in [3.63, 3.8) is 0 Å². The van der Waals surface area contributed by atoms with Gasteiger partial charge in [-0.05, 0) is 40.2 Å². The summed E-state index contributed by atoms with van der Waals surface area (Å²) in [4.78, 5) is 37.1. The van der Waals surface area contributed by atoms with Crippen molar-refractivity contribution in [1.29, 1.82) is 0 Å². The van der Waals surface area contributed by atoms with Crippen LogP contribution in [0.15, 0.2) is 41.0 Å². The van der Waals surface area contributed by atoms with Crippen molar-refractivity contribution in [2.24, 2.45) is 5.73 Å². The second-order valence-electron chi connectivity index (χ2n) is 4.41. The van der Waals surface area contributed by atoms with Crippen LogP contribution in [0.1, 0.15) is 20.8 Å². The van der Waals surface area contributed by atoms with Gasteiger partial charge >= 0.3 is 0 Å². The molecule has 0 saturated heterocycles. The molecule has 2 rings (SSSR count). The average Bonchev–Trinajstić information content (AvgIpc) is 2.97. The highest BCUT2D eigenvalue weighted by Gasteiger charge is 2.10. The Bertz CT molecular complexity index is 744. The molecule has 3 amide bonds. The van der Waals surface area contributed by atoms with Crippen molar-refractivity contribution in [3.8, 4) is 5.75 Å². The van der Waals surface area contributed by atoms with E-state index >= 15 is 0 Å². The van der Waals surface area contributed by atoms with Gasteiger partial charge in [-0.15, -0.1) is 0 Å². The summed E-state index contributed by atoms with van der Waals surface area (Å²) in [6.45, 7) is -0.336. The molecule has 8 nitrogen and oxygen atoms in total. The average molecular weight is 381 g/mol. The molecular formula is C14H13BrN4O4. The van der Waals surface area contributed by atoms with E-state index in [9.17, 15) is 14.4 Å². The molecule has 1 aromatic heterocycles. The van der Waals surface area contributed by atoms with Crippen molar-refractivity contribution >= 4 is 33.7 Å². The highest BCUT2D eigenvalue weighted by molar-refractivity contribution is 9.10. The van der Waals surface area contributed by atoms with E-state index in [1.807, 2.05) is 0 Å². The molecule has 0 aliphatic carbocycles. The van der Waals surface area contributed by atoms with Crippen LogP contribution in [-0.2, 0) is 4.79 Å². The maximum atomic E-state index is 11.7. The summed E-state index contributed by atoms with van der Waals surface area (Å²) >= 11 is 3.20. The van der Waals surface area contributed by atoms with E-state index in [1.54, 1.807) is 24.4 Å². The summed E-state index contributed by atoms with van der Waals surface area (Å²) in [6.07, 6.45) is 1.59. The molecule has 1 heterocycles. The number of carbonyl (C=O) groups is 3. The highest BCUT2D eigenvalue weighted by Crippen LogP contribution is 2.12. The van der Waals surface area contributed by atoms with Crippen molar-refractivity contribution in [1.82, 2.24) is 15.8 Å². The first-order valence-electron chi connectivity index (χ1n) is 6.41. The molecular weight excluding hydrogens is 368 g/mol. The molecule has 0 fully saturated rings. The molecule has 2 aromatic rings. The first-order valence-corrected chi connectivity index (χ1v) is 7.21. The predicted octanol–water partition coefficient (Wildman–Crippen LogP) is 0.716. The maximum Gasteiger partial charge on any atom is 0.286 e. The lowest BCUT2D eigenvalue weighted by Crippen LogP contribution is -2.43. The van der Waals surface area contributed by atoms with Crippen LogP contribution in [0.25, 0.3) is 0 Å². The number of nitrogens with one attached hydrogen (secondary N) is 3. The summed E-state index contributed by atoms with van der Waals surface area (Å²) in [5, 5.41) is 0. The van der Waals surface area contributed by atoms with Gasteiger partial charge in [0, 0.05) is 16.2 Å². The highest BCUT2D eigenvalue weighted by atomic mass is 79.9. The van der Waals surface area contributed by atoms with E-state index in [-0.39, 0.29) is 17.9 Å². The lowest BCUT2D eigenvalue weighted by Gasteiger charge is -2.08. The molecule has 0 aliphatic heterocycles. The van der Waals surface area contributed by atoms with Gasteiger partial charge < -0.3 is 15.5 Å². The number of carbonyl (C=O) groups excluding carboxylic acids is 3. The van der Waals surface area contributed by atoms with Gasteiger partial charge in [0.2, 0.25) is 5.91 Å². The summed E-state index contributed by atoms with van der Waals surface area (Å²) in [5.41, 5.74) is 10.1. The van der Waals surface area contributed by atoms with Crippen LogP contribution in [0.5, 0.6) is 5.75 Å². The van der Waals surface area contributed by atoms with E-state index in [1.165, 1.54) is 12.1 Å². The predicted molar refractivity (Wildman–Crippen MR) is 84.6 cm³/mol. The molecule has 0 saturated carbocycles. The third kappa shape index (κ3) is 4.85. The van der Waals surface area contributed by atoms with Gasteiger partial charge in [-0.25, -0.2) is 0 Å². The number of rotatable bonds is 5. The number of hydrogen-bond donors (Lipinski definition) is 4. The van der Waals surface area contributed by atoms with Crippen LogP contribution >= 0.6 is 15.9 Å². The quantitative estimate of drug-likeness (QED) is 0.569. The Balaban J connectivity index is 1.80. The Kier molecular flexibility index (Phi) is 5.36. The molecule has 0 radical (unpaired) electrons. The zero-order valence-corrected chi connectivity index (χ0v) is 13.3. The summed E-state index contributed by atoms with van der Waals surface area (Å²) in [7, 11) is 0. The second kappa shape index (κ2) is 7.45. The number of amides is 3. The van der Waals surface area contributed by atoms with E-state index in [0.29, 0.717) is 10.2 Å². The second-order valence-corrected chi connectivity index (χ2v) is 5.33. The summed E-state index contributed by atoms with van der Waals surface area (Å²) in [5.74, 6) is -1.34. The number of benzene rings is 1. The molecule has 0 spiro atoms. The minimum absolute atomic E-state index is 0.272. The normalized spacial score (nSPS) is 9.96. The fourth-order valence-corrected chi connectivity index (χ4v) is 1.96. The van der Waals surface area contributed by atoms with Crippen molar-refractivity contribution < 1.29 is 19.1 Å². The molecule has 9 heteroatoms. The van der Waals surface area contributed by atoms with Crippen molar-refractivity contribution in [2.45, 2.75) is 0 Å². The molecule has 0 atom stereocenters. The monoisotopic (exact) mass is 380 g/mol. The Morgan fingerprint density at radius 3 is 2.65 bits per heavy atom. The van der Waals surface area contributed by atoms with Gasteiger partial charge in [0.05, 0.1) is 0 Å². The van der Waals surface area contributed by atoms with E-state index in [4.69, 9.17) is 10.5 Å².